The lowest BCUT2D eigenvalue weighted by Crippen LogP contribution is -2.24. The minimum absolute atomic E-state index is 0.575. The first-order valence-corrected chi connectivity index (χ1v) is 10.3. The Balaban J connectivity index is 1.36. The van der Waals surface area contributed by atoms with Gasteiger partial charge >= 0.3 is 0 Å². The van der Waals surface area contributed by atoms with Crippen LogP contribution < -0.4 is 20.7 Å². The number of nitrogens with zero attached hydrogens (tertiary/aromatic N) is 3. The van der Waals surface area contributed by atoms with Crippen molar-refractivity contribution in [2.24, 2.45) is 0 Å². The van der Waals surface area contributed by atoms with E-state index in [9.17, 15) is 0 Å². The van der Waals surface area contributed by atoms with Gasteiger partial charge in [0.25, 0.3) is 0 Å². The van der Waals surface area contributed by atoms with Gasteiger partial charge in [0.2, 0.25) is 5.95 Å². The molecule has 156 valence electrons. The quantitative estimate of drug-likeness (QED) is 0.471. The second-order valence-corrected chi connectivity index (χ2v) is 7.26. The Kier molecular flexibility index (Phi) is 6.74. The van der Waals surface area contributed by atoms with Crippen LogP contribution in [0.25, 0.3) is 11.1 Å². The molecule has 0 spiro atoms. The summed E-state index contributed by atoms with van der Waals surface area (Å²) in [6, 6.07) is 18.1. The fourth-order valence-corrected chi connectivity index (χ4v) is 3.49. The van der Waals surface area contributed by atoms with Crippen LogP contribution in [0.3, 0.4) is 0 Å². The molecule has 0 radical (unpaired) electrons. The fourth-order valence-electron chi connectivity index (χ4n) is 3.49. The Labute approximate surface area is 177 Å². The van der Waals surface area contributed by atoms with Gasteiger partial charge in [-0.05, 0) is 47.9 Å². The topological polar surface area (TPSA) is 74.3 Å². The zero-order valence-electron chi connectivity index (χ0n) is 17.3. The van der Waals surface area contributed by atoms with Gasteiger partial charge in [0.1, 0.15) is 11.6 Å². The van der Waals surface area contributed by atoms with Crippen LogP contribution in [-0.4, -0.2) is 54.8 Å². The lowest BCUT2D eigenvalue weighted by atomic mass is 10.0. The molecule has 0 unspecified atom stereocenters. The lowest BCUT2D eigenvalue weighted by molar-refractivity contribution is 0.333. The summed E-state index contributed by atoms with van der Waals surface area (Å²) in [7, 11) is 1.68. The summed E-state index contributed by atoms with van der Waals surface area (Å²) in [6.45, 7) is 5.20. The van der Waals surface area contributed by atoms with Crippen LogP contribution in [0.1, 0.15) is 6.42 Å². The third-order valence-corrected chi connectivity index (χ3v) is 5.07. The van der Waals surface area contributed by atoms with E-state index < -0.39 is 0 Å². The summed E-state index contributed by atoms with van der Waals surface area (Å²) in [6.07, 6.45) is 2.85. The van der Waals surface area contributed by atoms with Crippen molar-refractivity contribution in [1.29, 1.82) is 0 Å². The van der Waals surface area contributed by atoms with Crippen molar-refractivity contribution >= 4 is 17.5 Å². The number of aromatic nitrogens is 2. The van der Waals surface area contributed by atoms with Gasteiger partial charge < -0.3 is 20.7 Å². The molecule has 2 aromatic carbocycles. The SMILES string of the molecule is COc1cccc(-c2cccc(Nc3nccc(NCCCN4CCNC4)n3)c2)c1. The summed E-state index contributed by atoms with van der Waals surface area (Å²) in [5, 5.41) is 10.1. The molecule has 7 nitrogen and oxygen atoms in total. The number of benzene rings is 2. The van der Waals surface area contributed by atoms with E-state index in [1.807, 2.05) is 36.4 Å². The van der Waals surface area contributed by atoms with Gasteiger partial charge in [-0.2, -0.15) is 4.98 Å². The minimum Gasteiger partial charge on any atom is -0.497 e. The van der Waals surface area contributed by atoms with Gasteiger partial charge in [-0.25, -0.2) is 4.98 Å². The summed E-state index contributed by atoms with van der Waals surface area (Å²) in [4.78, 5) is 11.4. The van der Waals surface area contributed by atoms with E-state index in [1.54, 1.807) is 13.3 Å². The Hall–Kier alpha value is -3.16. The van der Waals surface area contributed by atoms with E-state index in [0.29, 0.717) is 5.95 Å². The standard InChI is InChI=1S/C23H28N6O/c1-30-21-8-3-6-19(16-21)18-5-2-7-20(15-18)27-23-26-11-9-22(28-23)25-10-4-13-29-14-12-24-17-29/h2-3,5-9,11,15-16,24H,4,10,12-14,17H2,1H3,(H2,25,26,27,28). The van der Waals surface area contributed by atoms with Crippen molar-refractivity contribution in [3.05, 3.63) is 60.8 Å². The Morgan fingerprint density at radius 2 is 1.97 bits per heavy atom. The van der Waals surface area contributed by atoms with Gasteiger partial charge in [-0.1, -0.05) is 24.3 Å². The van der Waals surface area contributed by atoms with E-state index in [0.717, 1.165) is 67.7 Å². The average Bonchev–Trinajstić information content (AvgIpc) is 3.31. The van der Waals surface area contributed by atoms with Crippen molar-refractivity contribution in [3.8, 4) is 16.9 Å². The molecule has 0 bridgehead atoms. The van der Waals surface area contributed by atoms with Crippen molar-refractivity contribution in [1.82, 2.24) is 20.2 Å². The Bertz CT molecular complexity index is 958. The zero-order chi connectivity index (χ0) is 20.6. The van der Waals surface area contributed by atoms with Crippen molar-refractivity contribution < 1.29 is 4.74 Å². The second kappa shape index (κ2) is 10.0. The van der Waals surface area contributed by atoms with E-state index >= 15 is 0 Å². The normalized spacial score (nSPS) is 13.9. The molecule has 1 aromatic heterocycles. The Morgan fingerprint density at radius 1 is 1.10 bits per heavy atom. The highest BCUT2D eigenvalue weighted by Gasteiger charge is 2.09. The van der Waals surface area contributed by atoms with Gasteiger partial charge in [0.15, 0.2) is 0 Å². The number of rotatable bonds is 9. The number of methoxy groups -OCH3 is 1. The number of anilines is 3. The summed E-state index contributed by atoms with van der Waals surface area (Å²) in [5.74, 6) is 2.25. The summed E-state index contributed by atoms with van der Waals surface area (Å²) < 4.78 is 5.34. The van der Waals surface area contributed by atoms with E-state index in [2.05, 4.69) is 49.0 Å². The third-order valence-electron chi connectivity index (χ3n) is 5.07. The molecule has 0 saturated carbocycles. The second-order valence-electron chi connectivity index (χ2n) is 7.26. The monoisotopic (exact) mass is 404 g/mol. The first-order chi connectivity index (χ1) is 14.8. The molecule has 30 heavy (non-hydrogen) atoms. The number of hydrogen-bond donors (Lipinski definition) is 3. The van der Waals surface area contributed by atoms with Crippen LogP contribution >= 0.6 is 0 Å². The number of ether oxygens (including phenoxy) is 1. The molecule has 4 rings (SSSR count). The fraction of sp³-hybridized carbons (Fsp3) is 0.304. The molecule has 1 saturated heterocycles. The van der Waals surface area contributed by atoms with Gasteiger partial charge in [-0.15, -0.1) is 0 Å². The molecule has 0 amide bonds. The molecule has 1 aliphatic heterocycles. The molecule has 0 atom stereocenters. The lowest BCUT2D eigenvalue weighted by Gasteiger charge is -2.14. The van der Waals surface area contributed by atoms with Crippen LogP contribution in [0.5, 0.6) is 5.75 Å². The largest absolute Gasteiger partial charge is 0.497 e. The number of nitrogens with one attached hydrogen (secondary N) is 3. The van der Waals surface area contributed by atoms with Crippen molar-refractivity contribution in [2.75, 3.05) is 50.6 Å². The number of hydrogen-bond acceptors (Lipinski definition) is 7. The molecule has 0 aliphatic carbocycles. The third kappa shape index (κ3) is 5.46. The average molecular weight is 405 g/mol. The maximum Gasteiger partial charge on any atom is 0.229 e. The van der Waals surface area contributed by atoms with Crippen molar-refractivity contribution in [3.63, 3.8) is 0 Å². The van der Waals surface area contributed by atoms with Crippen LogP contribution in [0.2, 0.25) is 0 Å². The highest BCUT2D eigenvalue weighted by atomic mass is 16.5. The van der Waals surface area contributed by atoms with Crippen LogP contribution in [0, 0.1) is 0 Å². The minimum atomic E-state index is 0.575. The Morgan fingerprint density at radius 3 is 2.80 bits per heavy atom. The van der Waals surface area contributed by atoms with Crippen LogP contribution in [0.15, 0.2) is 60.8 Å². The molecule has 1 fully saturated rings. The molecule has 2 heterocycles. The predicted molar refractivity (Wildman–Crippen MR) is 121 cm³/mol. The maximum atomic E-state index is 5.34. The molecule has 3 aromatic rings. The first kappa shape index (κ1) is 20.1. The maximum absolute atomic E-state index is 5.34. The summed E-state index contributed by atoms with van der Waals surface area (Å²) in [5.41, 5.74) is 3.14. The van der Waals surface area contributed by atoms with Gasteiger partial charge in [-0.3, -0.25) is 4.90 Å². The van der Waals surface area contributed by atoms with Gasteiger partial charge in [0, 0.05) is 44.7 Å². The zero-order valence-corrected chi connectivity index (χ0v) is 17.3. The smallest absolute Gasteiger partial charge is 0.229 e. The summed E-state index contributed by atoms with van der Waals surface area (Å²) >= 11 is 0. The van der Waals surface area contributed by atoms with E-state index in [1.165, 1.54) is 0 Å². The van der Waals surface area contributed by atoms with E-state index in [4.69, 9.17) is 4.74 Å². The predicted octanol–water partition coefficient (Wildman–Crippen LogP) is 3.56. The van der Waals surface area contributed by atoms with Gasteiger partial charge in [0.05, 0.1) is 7.11 Å². The van der Waals surface area contributed by atoms with Crippen molar-refractivity contribution in [2.45, 2.75) is 6.42 Å². The highest BCUT2D eigenvalue weighted by molar-refractivity contribution is 5.70. The van der Waals surface area contributed by atoms with Crippen LogP contribution in [0.4, 0.5) is 17.5 Å². The molecule has 1 aliphatic rings. The molecular formula is C23H28N6O. The van der Waals surface area contributed by atoms with Crippen LogP contribution in [-0.2, 0) is 0 Å². The first-order valence-electron chi connectivity index (χ1n) is 10.3. The highest BCUT2D eigenvalue weighted by Crippen LogP contribution is 2.26. The molecule has 3 N–H and O–H groups in total. The molecular weight excluding hydrogens is 376 g/mol. The molecule has 7 heteroatoms. The van der Waals surface area contributed by atoms with E-state index in [-0.39, 0.29) is 0 Å².